The van der Waals surface area contributed by atoms with Crippen molar-refractivity contribution in [2.75, 3.05) is 25.0 Å². The monoisotopic (exact) mass is 684 g/mol. The number of rotatable bonds is 4. The zero-order chi connectivity index (χ0) is 35.5. The molecule has 1 aromatic heterocycles. The van der Waals surface area contributed by atoms with Gasteiger partial charge >= 0.3 is 12.1 Å². The fraction of sp³-hybridized carbons (Fsp3) is 0.457. The number of ether oxygens (including phenoxy) is 2. The first-order chi connectivity index (χ1) is 23.4. The van der Waals surface area contributed by atoms with Crippen molar-refractivity contribution in [1.82, 2.24) is 15.2 Å². The second kappa shape index (κ2) is 17.5. The predicted octanol–water partition coefficient (Wildman–Crippen LogP) is 4.67. The molecule has 1 aromatic carbocycles. The highest BCUT2D eigenvalue weighted by Crippen LogP contribution is 2.26. The van der Waals surface area contributed by atoms with E-state index in [9.17, 15) is 33.1 Å². The second-order valence-electron chi connectivity index (χ2n) is 12.3. The van der Waals surface area contributed by atoms with Gasteiger partial charge in [-0.2, -0.15) is 0 Å². The van der Waals surface area contributed by atoms with Gasteiger partial charge in [0.15, 0.2) is 11.6 Å². The molecule has 3 amide bonds. The maximum atomic E-state index is 14.8. The Hall–Kier alpha value is -4.85. The lowest BCUT2D eigenvalue weighted by Gasteiger charge is -2.30. The number of hydrogen-bond acceptors (Lipinski definition) is 9. The first-order valence-corrected chi connectivity index (χ1v) is 16.2. The third-order valence-electron chi connectivity index (χ3n) is 8.13. The van der Waals surface area contributed by atoms with Gasteiger partial charge in [-0.15, -0.1) is 0 Å². The average molecular weight is 685 g/mol. The molecule has 3 N–H and O–H groups in total. The molecule has 1 fully saturated rings. The van der Waals surface area contributed by atoms with Crippen LogP contribution in [0.25, 0.3) is 0 Å². The van der Waals surface area contributed by atoms with Crippen molar-refractivity contribution in [3.05, 3.63) is 83.9 Å². The van der Waals surface area contributed by atoms with Gasteiger partial charge in [0.05, 0.1) is 19.1 Å². The number of anilines is 1. The van der Waals surface area contributed by atoms with Crippen molar-refractivity contribution in [2.24, 2.45) is 11.8 Å². The van der Waals surface area contributed by atoms with Crippen LogP contribution in [0.2, 0.25) is 0 Å². The van der Waals surface area contributed by atoms with Crippen LogP contribution in [0.5, 0.6) is 0 Å². The summed E-state index contributed by atoms with van der Waals surface area (Å²) in [5.74, 6) is -3.26. The number of nitrogens with zero attached hydrogens (tertiary/aromatic N) is 2. The third-order valence-corrected chi connectivity index (χ3v) is 8.13. The Morgan fingerprint density at radius 2 is 1.98 bits per heavy atom. The number of nitrogens with one attached hydrogen (secondary N) is 2. The predicted molar refractivity (Wildman–Crippen MR) is 174 cm³/mol. The summed E-state index contributed by atoms with van der Waals surface area (Å²) in [6.07, 6.45) is 4.94. The molecule has 4 rings (SSSR count). The number of aliphatic hydroxyl groups excluding tert-OH is 1. The number of allylic oxidation sites excluding steroid dienone is 2. The number of benzene rings is 1. The zero-order valence-corrected chi connectivity index (χ0v) is 27.6. The number of aliphatic hydroxyl groups is 1. The van der Waals surface area contributed by atoms with Crippen LogP contribution in [-0.4, -0.2) is 83.0 Å². The summed E-state index contributed by atoms with van der Waals surface area (Å²) in [6.45, 7) is 5.43. The van der Waals surface area contributed by atoms with Crippen LogP contribution < -0.4 is 10.6 Å². The summed E-state index contributed by atoms with van der Waals surface area (Å²) >= 11 is 0. The summed E-state index contributed by atoms with van der Waals surface area (Å²) in [5.41, 5.74) is 0.896. The van der Waals surface area contributed by atoms with E-state index in [1.807, 2.05) is 0 Å². The van der Waals surface area contributed by atoms with Crippen molar-refractivity contribution in [3.8, 4) is 0 Å². The van der Waals surface area contributed by atoms with Crippen LogP contribution in [0.1, 0.15) is 56.4 Å². The molecule has 0 radical (unpaired) electrons. The lowest BCUT2D eigenvalue weighted by atomic mass is 9.93. The Kier molecular flexibility index (Phi) is 13.2. The summed E-state index contributed by atoms with van der Waals surface area (Å²) < 4.78 is 44.7. The molecule has 1 saturated heterocycles. The van der Waals surface area contributed by atoms with Crippen molar-refractivity contribution >= 4 is 29.6 Å². The summed E-state index contributed by atoms with van der Waals surface area (Å²) in [5, 5.41) is 15.5. The molecule has 49 heavy (non-hydrogen) atoms. The number of carbonyl (C=O) groups is 4. The van der Waals surface area contributed by atoms with Crippen LogP contribution >= 0.6 is 0 Å². The van der Waals surface area contributed by atoms with Crippen molar-refractivity contribution in [2.45, 2.75) is 70.9 Å². The number of cyclic esters (lactones) is 1. The van der Waals surface area contributed by atoms with E-state index in [4.69, 9.17) is 13.9 Å². The van der Waals surface area contributed by atoms with E-state index in [1.165, 1.54) is 41.3 Å². The van der Waals surface area contributed by atoms with E-state index >= 15 is 0 Å². The third kappa shape index (κ3) is 11.1. The van der Waals surface area contributed by atoms with Gasteiger partial charge in [0.1, 0.15) is 30.4 Å². The molecule has 0 aliphatic carbocycles. The molecule has 0 spiro atoms. The number of halogens is 2. The van der Waals surface area contributed by atoms with Crippen molar-refractivity contribution in [1.29, 1.82) is 0 Å². The number of hydrogen-bond donors (Lipinski definition) is 3. The molecule has 2 aliphatic rings. The van der Waals surface area contributed by atoms with E-state index in [0.29, 0.717) is 24.1 Å². The average Bonchev–Trinajstić information content (AvgIpc) is 3.74. The van der Waals surface area contributed by atoms with Gasteiger partial charge in [0.25, 0.3) is 5.91 Å². The Labute approximate surface area is 283 Å². The maximum Gasteiger partial charge on any atom is 0.411 e. The van der Waals surface area contributed by atoms with Gasteiger partial charge in [-0.25, -0.2) is 23.4 Å². The van der Waals surface area contributed by atoms with Crippen LogP contribution in [-0.2, 0) is 25.5 Å². The fourth-order valence-electron chi connectivity index (χ4n) is 5.62. The number of fused-ring (bicyclic) bond motifs is 3. The first kappa shape index (κ1) is 37.0. The SMILES string of the molecule is CC1=CC(O)CC(F)Cc2nc(co2)C(=O)N2CCCC2C(=O)OC(C(C)COC(=O)Nc2ccc(F)cc2)C(C)/C=C/C(=O)NCC=C1. The van der Waals surface area contributed by atoms with Gasteiger partial charge < -0.3 is 29.2 Å². The summed E-state index contributed by atoms with van der Waals surface area (Å²) in [6, 6.07) is 4.19. The van der Waals surface area contributed by atoms with Gasteiger partial charge in [-0.1, -0.05) is 43.7 Å². The molecule has 14 heteroatoms. The van der Waals surface area contributed by atoms with E-state index in [2.05, 4.69) is 15.6 Å². The van der Waals surface area contributed by atoms with Gasteiger partial charge in [0, 0.05) is 37.0 Å². The molecule has 12 nitrogen and oxygen atoms in total. The molecule has 2 aromatic rings. The van der Waals surface area contributed by atoms with Crippen LogP contribution in [0.15, 0.2) is 70.9 Å². The van der Waals surface area contributed by atoms with E-state index in [1.54, 1.807) is 39.0 Å². The topological polar surface area (TPSA) is 160 Å². The number of amides is 3. The first-order valence-electron chi connectivity index (χ1n) is 16.2. The molecule has 2 bridgehead atoms. The Bertz CT molecular complexity index is 1560. The minimum Gasteiger partial charge on any atom is -0.460 e. The molecule has 0 saturated carbocycles. The maximum absolute atomic E-state index is 14.8. The van der Waals surface area contributed by atoms with Crippen molar-refractivity contribution < 1.29 is 47.0 Å². The Morgan fingerprint density at radius 1 is 1.22 bits per heavy atom. The lowest BCUT2D eigenvalue weighted by Crippen LogP contribution is -2.44. The number of esters is 1. The van der Waals surface area contributed by atoms with Crippen LogP contribution in [0.4, 0.5) is 19.3 Å². The van der Waals surface area contributed by atoms with Gasteiger partial charge in [0.2, 0.25) is 5.91 Å². The Morgan fingerprint density at radius 3 is 2.73 bits per heavy atom. The highest BCUT2D eigenvalue weighted by atomic mass is 19.1. The van der Waals surface area contributed by atoms with Gasteiger partial charge in [-0.05, 0) is 50.1 Å². The zero-order valence-electron chi connectivity index (χ0n) is 27.6. The quantitative estimate of drug-likeness (QED) is 0.389. The molecular formula is C35H42F2N4O8. The standard InChI is InChI=1S/C35H42F2N4O8/c1-21-6-4-14-38-30(43)13-8-22(2)32(23(3)19-48-35(46)39-26-11-9-24(36)10-12-26)49-34(45)29-7-5-15-41(29)33(44)28-20-47-31(40-28)18-25(37)17-27(42)16-21/h4,6,8-13,16,20,22-23,25,27,29,32,42H,5,7,14-15,17-19H2,1-3H3,(H,38,43)(H,39,46)/b6-4?,13-8+,21-16?. The highest BCUT2D eigenvalue weighted by molar-refractivity contribution is 5.95. The molecule has 3 heterocycles. The summed E-state index contributed by atoms with van der Waals surface area (Å²) in [4.78, 5) is 57.5. The molecule has 6 atom stereocenters. The Balaban J connectivity index is 1.53. The molecule has 6 unspecified atom stereocenters. The van der Waals surface area contributed by atoms with E-state index < -0.39 is 66.0 Å². The smallest absolute Gasteiger partial charge is 0.411 e. The number of aromatic nitrogens is 1. The number of oxazole rings is 1. The molecular weight excluding hydrogens is 642 g/mol. The second-order valence-corrected chi connectivity index (χ2v) is 12.3. The largest absolute Gasteiger partial charge is 0.460 e. The number of carbonyl (C=O) groups excluding carboxylic acids is 4. The van der Waals surface area contributed by atoms with Crippen molar-refractivity contribution in [3.63, 3.8) is 0 Å². The normalized spacial score (nSPS) is 25.8. The van der Waals surface area contributed by atoms with Gasteiger partial charge in [-0.3, -0.25) is 14.9 Å². The van der Waals surface area contributed by atoms with E-state index in [-0.39, 0.29) is 44.1 Å². The van der Waals surface area contributed by atoms with Crippen LogP contribution in [0.3, 0.4) is 0 Å². The lowest BCUT2D eigenvalue weighted by molar-refractivity contribution is -0.159. The molecule has 2 aliphatic heterocycles. The highest BCUT2D eigenvalue weighted by Gasteiger charge is 2.39. The minimum absolute atomic E-state index is 0.0194. The number of alkyl halides is 1. The van der Waals surface area contributed by atoms with Crippen LogP contribution in [0, 0.1) is 17.7 Å². The summed E-state index contributed by atoms with van der Waals surface area (Å²) in [7, 11) is 0. The minimum atomic E-state index is -1.51. The van der Waals surface area contributed by atoms with E-state index in [0.717, 1.165) is 6.26 Å². The molecule has 264 valence electrons. The fourth-order valence-corrected chi connectivity index (χ4v) is 5.62.